The van der Waals surface area contributed by atoms with Gasteiger partial charge in [-0.05, 0) is 19.5 Å². The first-order valence-corrected chi connectivity index (χ1v) is 10.5. The van der Waals surface area contributed by atoms with E-state index in [0.29, 0.717) is 12.3 Å². The molecule has 0 unspecified atom stereocenters. The van der Waals surface area contributed by atoms with Gasteiger partial charge >= 0.3 is 0 Å². The lowest BCUT2D eigenvalue weighted by molar-refractivity contribution is -0.120. The van der Waals surface area contributed by atoms with Crippen molar-refractivity contribution >= 4 is 5.78 Å². The van der Waals surface area contributed by atoms with Gasteiger partial charge in [-0.1, -0.05) is 97.8 Å². The molecule has 0 fully saturated rings. The SMILES string of the molecule is CCCCCCCCCCCCCCCC(=O)CN(CC)CC. The Kier molecular flexibility index (Phi) is 17.7. The van der Waals surface area contributed by atoms with E-state index in [1.165, 1.54) is 77.0 Å². The summed E-state index contributed by atoms with van der Waals surface area (Å²) in [6.45, 7) is 9.16. The van der Waals surface area contributed by atoms with Crippen LogP contribution in [0.5, 0.6) is 0 Å². The Labute approximate surface area is 146 Å². The average molecular weight is 326 g/mol. The Bertz CT molecular complexity index is 248. The molecule has 0 saturated carbocycles. The number of carbonyl (C=O) groups is 1. The van der Waals surface area contributed by atoms with Crippen molar-refractivity contribution in [1.29, 1.82) is 0 Å². The van der Waals surface area contributed by atoms with Crippen LogP contribution >= 0.6 is 0 Å². The molecule has 0 radical (unpaired) electrons. The molecule has 2 heteroatoms. The molecule has 0 atom stereocenters. The van der Waals surface area contributed by atoms with Gasteiger partial charge in [0.25, 0.3) is 0 Å². The minimum atomic E-state index is 0.428. The van der Waals surface area contributed by atoms with Crippen LogP contribution in [0.15, 0.2) is 0 Å². The van der Waals surface area contributed by atoms with E-state index in [9.17, 15) is 4.79 Å². The van der Waals surface area contributed by atoms with Gasteiger partial charge in [-0.15, -0.1) is 0 Å². The molecule has 0 heterocycles. The smallest absolute Gasteiger partial charge is 0.146 e. The van der Waals surface area contributed by atoms with Crippen molar-refractivity contribution in [3.8, 4) is 0 Å². The van der Waals surface area contributed by atoms with Crippen LogP contribution < -0.4 is 0 Å². The van der Waals surface area contributed by atoms with Gasteiger partial charge in [-0.25, -0.2) is 0 Å². The Hall–Kier alpha value is -0.370. The van der Waals surface area contributed by atoms with Crippen LogP contribution in [0.4, 0.5) is 0 Å². The number of hydrogen-bond donors (Lipinski definition) is 0. The summed E-state index contributed by atoms with van der Waals surface area (Å²) in [5.41, 5.74) is 0. The summed E-state index contributed by atoms with van der Waals surface area (Å²) in [5.74, 6) is 0.428. The topological polar surface area (TPSA) is 20.3 Å². The summed E-state index contributed by atoms with van der Waals surface area (Å²) in [4.78, 5) is 14.0. The fourth-order valence-electron chi connectivity index (χ4n) is 3.12. The second-order valence-corrected chi connectivity index (χ2v) is 6.99. The van der Waals surface area contributed by atoms with E-state index in [-0.39, 0.29) is 0 Å². The average Bonchev–Trinajstić information content (AvgIpc) is 2.56. The van der Waals surface area contributed by atoms with Crippen molar-refractivity contribution in [1.82, 2.24) is 4.90 Å². The first-order chi connectivity index (χ1) is 11.2. The van der Waals surface area contributed by atoms with Gasteiger partial charge < -0.3 is 0 Å². The first kappa shape index (κ1) is 22.6. The van der Waals surface area contributed by atoms with Crippen molar-refractivity contribution < 1.29 is 4.79 Å². The number of nitrogens with zero attached hydrogens (tertiary/aromatic N) is 1. The predicted molar refractivity (Wildman–Crippen MR) is 103 cm³/mol. The second kappa shape index (κ2) is 18.0. The van der Waals surface area contributed by atoms with E-state index >= 15 is 0 Å². The molecule has 0 saturated heterocycles. The van der Waals surface area contributed by atoms with E-state index < -0.39 is 0 Å². The number of rotatable bonds is 18. The lowest BCUT2D eigenvalue weighted by Crippen LogP contribution is -2.29. The van der Waals surface area contributed by atoms with E-state index in [1.807, 2.05) is 0 Å². The molecular formula is C21H43NO. The lowest BCUT2D eigenvalue weighted by Gasteiger charge is -2.16. The zero-order valence-electron chi connectivity index (χ0n) is 16.4. The Morgan fingerprint density at radius 3 is 1.39 bits per heavy atom. The molecule has 2 nitrogen and oxygen atoms in total. The van der Waals surface area contributed by atoms with Crippen LogP contribution in [0.3, 0.4) is 0 Å². The van der Waals surface area contributed by atoms with Crippen LogP contribution in [0, 0.1) is 0 Å². The van der Waals surface area contributed by atoms with Crippen molar-refractivity contribution in [2.75, 3.05) is 19.6 Å². The second-order valence-electron chi connectivity index (χ2n) is 6.99. The van der Waals surface area contributed by atoms with Crippen molar-refractivity contribution in [2.45, 2.75) is 111 Å². The molecule has 0 aromatic rings. The molecule has 0 N–H and O–H groups in total. The molecule has 0 amide bonds. The summed E-state index contributed by atoms with van der Waals surface area (Å²) in [6, 6.07) is 0. The normalized spacial score (nSPS) is 11.3. The van der Waals surface area contributed by atoms with Gasteiger partial charge in [0.2, 0.25) is 0 Å². The van der Waals surface area contributed by atoms with E-state index in [4.69, 9.17) is 0 Å². The molecule has 0 aliphatic heterocycles. The number of carbonyl (C=O) groups excluding carboxylic acids is 1. The van der Waals surface area contributed by atoms with Crippen LogP contribution in [-0.2, 0) is 4.79 Å². The minimum Gasteiger partial charge on any atom is -0.298 e. The summed E-state index contributed by atoms with van der Waals surface area (Å²) < 4.78 is 0. The maximum absolute atomic E-state index is 11.8. The largest absolute Gasteiger partial charge is 0.298 e. The third kappa shape index (κ3) is 16.3. The Balaban J connectivity index is 3.20. The zero-order valence-corrected chi connectivity index (χ0v) is 16.4. The minimum absolute atomic E-state index is 0.428. The fraction of sp³-hybridized carbons (Fsp3) is 0.952. The summed E-state index contributed by atoms with van der Waals surface area (Å²) >= 11 is 0. The van der Waals surface area contributed by atoms with E-state index in [0.717, 1.165) is 25.9 Å². The van der Waals surface area contributed by atoms with Gasteiger partial charge in [-0.2, -0.15) is 0 Å². The van der Waals surface area contributed by atoms with Crippen molar-refractivity contribution in [2.24, 2.45) is 0 Å². The highest BCUT2D eigenvalue weighted by Gasteiger charge is 2.06. The molecule has 0 aromatic heterocycles. The standard InChI is InChI=1S/C21H43NO/c1-4-7-8-9-10-11-12-13-14-15-16-17-18-19-21(23)20-22(5-2)6-3/h4-20H2,1-3H3. The number of Topliss-reactive ketones (excluding diaryl/α,β-unsaturated/α-hetero) is 1. The molecule has 0 bridgehead atoms. The third-order valence-electron chi connectivity index (χ3n) is 4.85. The van der Waals surface area contributed by atoms with Gasteiger partial charge in [-0.3, -0.25) is 9.69 Å². The number of unbranched alkanes of at least 4 members (excludes halogenated alkanes) is 12. The molecule has 0 rings (SSSR count). The maximum Gasteiger partial charge on any atom is 0.146 e. The summed E-state index contributed by atoms with van der Waals surface area (Å²) in [7, 11) is 0. The Morgan fingerprint density at radius 1 is 0.609 bits per heavy atom. The van der Waals surface area contributed by atoms with E-state index in [2.05, 4.69) is 25.7 Å². The maximum atomic E-state index is 11.8. The van der Waals surface area contributed by atoms with Gasteiger partial charge in [0.1, 0.15) is 5.78 Å². The highest BCUT2D eigenvalue weighted by molar-refractivity contribution is 5.80. The van der Waals surface area contributed by atoms with E-state index in [1.54, 1.807) is 0 Å². The van der Waals surface area contributed by atoms with Crippen LogP contribution in [0.2, 0.25) is 0 Å². The molecule has 0 aromatic carbocycles. The van der Waals surface area contributed by atoms with Gasteiger partial charge in [0, 0.05) is 6.42 Å². The third-order valence-corrected chi connectivity index (χ3v) is 4.85. The molecule has 0 aliphatic rings. The molecule has 23 heavy (non-hydrogen) atoms. The monoisotopic (exact) mass is 325 g/mol. The van der Waals surface area contributed by atoms with Gasteiger partial charge in [0.05, 0.1) is 6.54 Å². The van der Waals surface area contributed by atoms with Gasteiger partial charge in [0.15, 0.2) is 0 Å². The van der Waals surface area contributed by atoms with Crippen LogP contribution in [0.1, 0.15) is 111 Å². The number of likely N-dealkylation sites (N-methyl/N-ethyl adjacent to an activating group) is 1. The Morgan fingerprint density at radius 2 is 1.00 bits per heavy atom. The summed E-state index contributed by atoms with van der Waals surface area (Å²) in [6.07, 6.45) is 18.5. The highest BCUT2D eigenvalue weighted by Crippen LogP contribution is 2.13. The fourth-order valence-corrected chi connectivity index (χ4v) is 3.12. The predicted octanol–water partition coefficient (Wildman–Crippen LogP) is 6.38. The number of ketones is 1. The molecule has 138 valence electrons. The zero-order chi connectivity index (χ0) is 17.2. The molecular weight excluding hydrogens is 282 g/mol. The molecule has 0 spiro atoms. The molecule has 0 aliphatic carbocycles. The highest BCUT2D eigenvalue weighted by atomic mass is 16.1. The van der Waals surface area contributed by atoms with Crippen molar-refractivity contribution in [3.63, 3.8) is 0 Å². The van der Waals surface area contributed by atoms with Crippen LogP contribution in [0.25, 0.3) is 0 Å². The summed E-state index contributed by atoms with van der Waals surface area (Å²) in [5, 5.41) is 0. The van der Waals surface area contributed by atoms with Crippen molar-refractivity contribution in [3.05, 3.63) is 0 Å². The quantitative estimate of drug-likeness (QED) is 0.273. The number of hydrogen-bond acceptors (Lipinski definition) is 2. The first-order valence-electron chi connectivity index (χ1n) is 10.5. The lowest BCUT2D eigenvalue weighted by atomic mass is 10.0. The van der Waals surface area contributed by atoms with Crippen LogP contribution in [-0.4, -0.2) is 30.3 Å².